The molecule has 8 aromatic carbocycles. The van der Waals surface area contributed by atoms with Crippen molar-refractivity contribution in [1.29, 1.82) is 0 Å². The summed E-state index contributed by atoms with van der Waals surface area (Å²) in [5.74, 6) is 0.639. The molecule has 0 spiro atoms. The molecular weight excluding hydrogens is 649 g/mol. The second-order valence-electron chi connectivity index (χ2n) is 13.7. The van der Waals surface area contributed by atoms with Gasteiger partial charge in [-0.15, -0.1) is 0 Å². The highest BCUT2D eigenvalue weighted by molar-refractivity contribution is 6.31. The van der Waals surface area contributed by atoms with E-state index in [1.165, 1.54) is 10.8 Å². The molecule has 0 fully saturated rings. The lowest BCUT2D eigenvalue weighted by molar-refractivity contribution is 0.673. The first kappa shape index (κ1) is 28.5. The normalized spacial score (nSPS) is 12.2. The van der Waals surface area contributed by atoms with Gasteiger partial charge in [-0.2, -0.15) is 0 Å². The van der Waals surface area contributed by atoms with Crippen LogP contribution in [-0.2, 0) is 0 Å². The SMILES string of the molecule is c1ccc(-c2nc(-n3c4ccccc4c4c3ccc3c5c6oc7ccccc7c6ccc5n(-c5cccc6ccccc56)c34)nc3ccccc23)cc1. The summed E-state index contributed by atoms with van der Waals surface area (Å²) < 4.78 is 11.4. The van der Waals surface area contributed by atoms with Crippen molar-refractivity contribution in [2.24, 2.45) is 0 Å². The molecule has 12 aromatic rings. The number of para-hydroxylation sites is 3. The fourth-order valence-corrected chi connectivity index (χ4v) is 8.67. The van der Waals surface area contributed by atoms with Crippen molar-refractivity contribution in [2.75, 3.05) is 0 Å². The van der Waals surface area contributed by atoms with Crippen LogP contribution in [0.2, 0.25) is 0 Å². The highest BCUT2D eigenvalue weighted by Gasteiger charge is 2.25. The monoisotopic (exact) mass is 676 g/mol. The Balaban J connectivity index is 1.28. The molecule has 0 N–H and O–H groups in total. The average Bonchev–Trinajstić information content (AvgIpc) is 3.88. The van der Waals surface area contributed by atoms with Gasteiger partial charge in [-0.3, -0.25) is 4.57 Å². The molecule has 4 heterocycles. The second-order valence-corrected chi connectivity index (χ2v) is 13.7. The zero-order valence-corrected chi connectivity index (χ0v) is 28.4. The Kier molecular flexibility index (Phi) is 5.71. The van der Waals surface area contributed by atoms with Gasteiger partial charge < -0.3 is 8.98 Å². The zero-order valence-electron chi connectivity index (χ0n) is 28.4. The third-order valence-corrected chi connectivity index (χ3v) is 10.9. The van der Waals surface area contributed by atoms with Crippen molar-refractivity contribution in [3.8, 4) is 22.9 Å². The molecular formula is C48H28N4O. The molecule has 53 heavy (non-hydrogen) atoms. The molecule has 5 heteroatoms. The van der Waals surface area contributed by atoms with Crippen LogP contribution in [-0.4, -0.2) is 19.1 Å². The smallest absolute Gasteiger partial charge is 0.235 e. The fraction of sp³-hybridized carbons (Fsp3) is 0. The molecule has 5 nitrogen and oxygen atoms in total. The maximum absolute atomic E-state index is 6.74. The van der Waals surface area contributed by atoms with Crippen LogP contribution in [0.25, 0.3) is 110 Å². The van der Waals surface area contributed by atoms with Crippen LogP contribution in [0.15, 0.2) is 174 Å². The van der Waals surface area contributed by atoms with Gasteiger partial charge in [0.15, 0.2) is 0 Å². The summed E-state index contributed by atoms with van der Waals surface area (Å²) in [6.07, 6.45) is 0. The van der Waals surface area contributed by atoms with Gasteiger partial charge in [0.05, 0.1) is 44.4 Å². The number of fused-ring (bicyclic) bond motifs is 13. The van der Waals surface area contributed by atoms with Crippen molar-refractivity contribution in [2.45, 2.75) is 0 Å². The minimum atomic E-state index is 0.639. The minimum absolute atomic E-state index is 0.639. The highest BCUT2D eigenvalue weighted by atomic mass is 16.3. The predicted octanol–water partition coefficient (Wildman–Crippen LogP) is 12.5. The molecule has 246 valence electrons. The molecule has 4 aromatic heterocycles. The fourth-order valence-electron chi connectivity index (χ4n) is 8.67. The van der Waals surface area contributed by atoms with Crippen molar-refractivity contribution < 1.29 is 4.42 Å². The summed E-state index contributed by atoms with van der Waals surface area (Å²) in [6.45, 7) is 0. The van der Waals surface area contributed by atoms with Gasteiger partial charge in [-0.05, 0) is 53.9 Å². The number of hydrogen-bond donors (Lipinski definition) is 0. The van der Waals surface area contributed by atoms with E-state index in [9.17, 15) is 0 Å². The van der Waals surface area contributed by atoms with Gasteiger partial charge >= 0.3 is 0 Å². The summed E-state index contributed by atoms with van der Waals surface area (Å²) in [4.78, 5) is 10.6. The summed E-state index contributed by atoms with van der Waals surface area (Å²) in [6, 6.07) is 59.9. The Labute approximate surface area is 302 Å². The molecule has 0 aliphatic rings. The van der Waals surface area contributed by atoms with Crippen LogP contribution < -0.4 is 0 Å². The zero-order chi connectivity index (χ0) is 34.6. The van der Waals surface area contributed by atoms with Gasteiger partial charge in [0.25, 0.3) is 0 Å². The maximum atomic E-state index is 6.74. The predicted molar refractivity (Wildman–Crippen MR) is 218 cm³/mol. The minimum Gasteiger partial charge on any atom is -0.455 e. The summed E-state index contributed by atoms with van der Waals surface area (Å²) in [7, 11) is 0. The van der Waals surface area contributed by atoms with E-state index in [1.807, 2.05) is 18.2 Å². The Bertz CT molecular complexity index is 3450. The van der Waals surface area contributed by atoms with E-state index in [2.05, 4.69) is 161 Å². The topological polar surface area (TPSA) is 48.8 Å². The van der Waals surface area contributed by atoms with Gasteiger partial charge in [-0.1, -0.05) is 121 Å². The van der Waals surface area contributed by atoms with Crippen LogP contribution >= 0.6 is 0 Å². The number of furan rings is 1. The number of rotatable bonds is 3. The van der Waals surface area contributed by atoms with Crippen LogP contribution in [0, 0.1) is 0 Å². The molecule has 0 amide bonds. The average molecular weight is 677 g/mol. The van der Waals surface area contributed by atoms with Crippen molar-refractivity contribution in [3.63, 3.8) is 0 Å². The van der Waals surface area contributed by atoms with Crippen molar-refractivity contribution >= 4 is 87.2 Å². The summed E-state index contributed by atoms with van der Waals surface area (Å²) in [5, 5.41) is 10.2. The Morgan fingerprint density at radius 2 is 1.09 bits per heavy atom. The lowest BCUT2D eigenvalue weighted by atomic mass is 10.1. The molecule has 0 aliphatic heterocycles. The first-order chi connectivity index (χ1) is 26.3. The number of hydrogen-bond acceptors (Lipinski definition) is 3. The quantitative estimate of drug-likeness (QED) is 0.187. The lowest BCUT2D eigenvalue weighted by Crippen LogP contribution is -2.03. The lowest BCUT2D eigenvalue weighted by Gasteiger charge is -2.13. The Morgan fingerprint density at radius 3 is 1.98 bits per heavy atom. The van der Waals surface area contributed by atoms with Crippen LogP contribution in [0.5, 0.6) is 0 Å². The second kappa shape index (κ2) is 10.6. The molecule has 0 saturated heterocycles. The van der Waals surface area contributed by atoms with E-state index in [0.717, 1.165) is 93.4 Å². The number of nitrogens with zero attached hydrogens (tertiary/aromatic N) is 4. The van der Waals surface area contributed by atoms with E-state index in [4.69, 9.17) is 14.4 Å². The number of aromatic nitrogens is 4. The molecule has 0 unspecified atom stereocenters. The van der Waals surface area contributed by atoms with E-state index >= 15 is 0 Å². The van der Waals surface area contributed by atoms with E-state index in [0.29, 0.717) is 5.95 Å². The first-order valence-electron chi connectivity index (χ1n) is 17.9. The highest BCUT2D eigenvalue weighted by Crippen LogP contribution is 2.46. The summed E-state index contributed by atoms with van der Waals surface area (Å²) >= 11 is 0. The molecule has 0 aliphatic carbocycles. The molecule has 0 bridgehead atoms. The third-order valence-electron chi connectivity index (χ3n) is 10.9. The van der Waals surface area contributed by atoms with Gasteiger partial charge in [-0.25, -0.2) is 9.97 Å². The van der Waals surface area contributed by atoms with E-state index in [1.54, 1.807) is 0 Å². The van der Waals surface area contributed by atoms with Crippen molar-refractivity contribution in [3.05, 3.63) is 170 Å². The first-order valence-corrected chi connectivity index (χ1v) is 17.9. The number of benzene rings is 8. The molecule has 0 radical (unpaired) electrons. The summed E-state index contributed by atoms with van der Waals surface area (Å²) in [5.41, 5.74) is 10.1. The van der Waals surface area contributed by atoms with E-state index in [-0.39, 0.29) is 0 Å². The maximum Gasteiger partial charge on any atom is 0.235 e. The molecule has 0 atom stereocenters. The van der Waals surface area contributed by atoms with Gasteiger partial charge in [0.2, 0.25) is 5.95 Å². The van der Waals surface area contributed by atoms with Crippen LogP contribution in [0.1, 0.15) is 0 Å². The Hall–Kier alpha value is -7.24. The largest absolute Gasteiger partial charge is 0.455 e. The molecule has 12 rings (SSSR count). The standard InChI is InChI=1S/C48H28N4O/c1-2-14-30(15-3-1)45-34-19-6-9-21-37(34)49-48(50-45)52-39-22-10-7-20-35(39)43-40(52)28-26-36-44-41(27-25-33-32-18-8-11-24-42(32)53-47(33)44)51(46(36)43)38-23-12-16-29-13-4-5-17-31(29)38/h1-28H. The van der Waals surface area contributed by atoms with Gasteiger partial charge in [0, 0.05) is 43.3 Å². The van der Waals surface area contributed by atoms with Crippen LogP contribution in [0.3, 0.4) is 0 Å². The van der Waals surface area contributed by atoms with Crippen molar-refractivity contribution in [1.82, 2.24) is 19.1 Å². The third kappa shape index (κ3) is 3.91. The van der Waals surface area contributed by atoms with E-state index < -0.39 is 0 Å². The molecule has 0 saturated carbocycles. The van der Waals surface area contributed by atoms with Crippen LogP contribution in [0.4, 0.5) is 0 Å². The Morgan fingerprint density at radius 1 is 0.415 bits per heavy atom. The van der Waals surface area contributed by atoms with Gasteiger partial charge in [0.1, 0.15) is 11.2 Å².